The van der Waals surface area contributed by atoms with Gasteiger partial charge in [0.15, 0.2) is 0 Å². The van der Waals surface area contributed by atoms with Crippen molar-refractivity contribution in [3.8, 4) is 11.3 Å². The number of nitrogens with zero attached hydrogens (tertiary/aromatic N) is 3. The van der Waals surface area contributed by atoms with Crippen LogP contribution in [0.1, 0.15) is 5.56 Å². The molecule has 2 heterocycles. The molecule has 0 unspecified atom stereocenters. The average molecular weight is 189 g/mol. The summed E-state index contributed by atoms with van der Waals surface area (Å²) in [6.45, 7) is 0.00545. The molecule has 72 valence electrons. The van der Waals surface area contributed by atoms with Gasteiger partial charge >= 0.3 is 0 Å². The molecule has 0 fully saturated rings. The Bertz CT molecular complexity index is 422. The Hall–Kier alpha value is -1.68. The van der Waals surface area contributed by atoms with E-state index in [4.69, 9.17) is 5.11 Å². The summed E-state index contributed by atoms with van der Waals surface area (Å²) in [5.74, 6) is 0. The number of aryl methyl sites for hydroxylation is 1. The highest BCUT2D eigenvalue weighted by Gasteiger charge is 2.08. The van der Waals surface area contributed by atoms with Crippen molar-refractivity contribution < 1.29 is 5.11 Å². The van der Waals surface area contributed by atoms with Crippen LogP contribution >= 0.6 is 0 Å². The number of aliphatic hydroxyl groups excluding tert-OH is 1. The van der Waals surface area contributed by atoms with E-state index in [-0.39, 0.29) is 6.61 Å². The van der Waals surface area contributed by atoms with E-state index >= 15 is 0 Å². The molecule has 0 aliphatic carbocycles. The standard InChI is InChI=1S/C10H11N3O/c1-13-6-9(7-14)10(12-13)8-2-4-11-5-3-8/h2-6,14H,7H2,1H3. The third kappa shape index (κ3) is 1.52. The highest BCUT2D eigenvalue weighted by molar-refractivity contribution is 5.61. The van der Waals surface area contributed by atoms with Crippen LogP contribution in [0.3, 0.4) is 0 Å². The molecule has 0 aromatic carbocycles. The fourth-order valence-electron chi connectivity index (χ4n) is 1.41. The fraction of sp³-hybridized carbons (Fsp3) is 0.200. The van der Waals surface area contributed by atoms with Crippen LogP contribution in [-0.2, 0) is 13.7 Å². The van der Waals surface area contributed by atoms with Gasteiger partial charge in [0.05, 0.1) is 12.3 Å². The molecule has 0 amide bonds. The van der Waals surface area contributed by atoms with E-state index in [1.54, 1.807) is 17.1 Å². The Morgan fingerprint density at radius 3 is 2.71 bits per heavy atom. The van der Waals surface area contributed by atoms with Crippen LogP contribution in [-0.4, -0.2) is 19.9 Å². The second kappa shape index (κ2) is 3.59. The lowest BCUT2D eigenvalue weighted by atomic mass is 10.1. The molecule has 2 aromatic heterocycles. The summed E-state index contributed by atoms with van der Waals surface area (Å²) in [5, 5.41) is 13.4. The van der Waals surface area contributed by atoms with Crippen LogP contribution in [0, 0.1) is 0 Å². The van der Waals surface area contributed by atoms with Crippen molar-refractivity contribution in [2.24, 2.45) is 7.05 Å². The summed E-state index contributed by atoms with van der Waals surface area (Å²) in [6.07, 6.45) is 5.24. The Kier molecular flexibility index (Phi) is 2.28. The van der Waals surface area contributed by atoms with Crippen LogP contribution in [0.25, 0.3) is 11.3 Å². The van der Waals surface area contributed by atoms with Gasteiger partial charge in [-0.1, -0.05) is 0 Å². The Balaban J connectivity index is 2.51. The summed E-state index contributed by atoms with van der Waals surface area (Å²) < 4.78 is 1.70. The largest absolute Gasteiger partial charge is 0.392 e. The number of rotatable bonds is 2. The van der Waals surface area contributed by atoms with E-state index in [1.165, 1.54) is 0 Å². The molecule has 4 nitrogen and oxygen atoms in total. The van der Waals surface area contributed by atoms with Crippen molar-refractivity contribution >= 4 is 0 Å². The highest BCUT2D eigenvalue weighted by atomic mass is 16.3. The second-order valence-electron chi connectivity index (χ2n) is 3.07. The Morgan fingerprint density at radius 2 is 2.07 bits per heavy atom. The van der Waals surface area contributed by atoms with Crippen molar-refractivity contribution in [3.05, 3.63) is 36.3 Å². The fourth-order valence-corrected chi connectivity index (χ4v) is 1.41. The monoisotopic (exact) mass is 189 g/mol. The molecule has 0 saturated heterocycles. The predicted octanol–water partition coefficient (Wildman–Crippen LogP) is 0.974. The molecule has 4 heteroatoms. The van der Waals surface area contributed by atoms with E-state index in [0.29, 0.717) is 0 Å². The lowest BCUT2D eigenvalue weighted by Crippen LogP contribution is -1.88. The molecule has 0 atom stereocenters. The molecule has 0 bridgehead atoms. The van der Waals surface area contributed by atoms with Crippen LogP contribution in [0.5, 0.6) is 0 Å². The predicted molar refractivity (Wildman–Crippen MR) is 52.4 cm³/mol. The summed E-state index contributed by atoms with van der Waals surface area (Å²) >= 11 is 0. The van der Waals surface area contributed by atoms with E-state index in [9.17, 15) is 0 Å². The topological polar surface area (TPSA) is 50.9 Å². The van der Waals surface area contributed by atoms with Gasteiger partial charge < -0.3 is 5.11 Å². The summed E-state index contributed by atoms with van der Waals surface area (Å²) in [7, 11) is 1.84. The van der Waals surface area contributed by atoms with Crippen molar-refractivity contribution in [1.29, 1.82) is 0 Å². The van der Waals surface area contributed by atoms with Crippen LogP contribution in [0.2, 0.25) is 0 Å². The minimum atomic E-state index is 0.00545. The highest BCUT2D eigenvalue weighted by Crippen LogP contribution is 2.20. The summed E-state index contributed by atoms with van der Waals surface area (Å²) in [6, 6.07) is 3.75. The molecule has 0 spiro atoms. The first-order valence-electron chi connectivity index (χ1n) is 4.35. The van der Waals surface area contributed by atoms with Crippen LogP contribution < -0.4 is 0 Å². The van der Waals surface area contributed by atoms with E-state index < -0.39 is 0 Å². The van der Waals surface area contributed by atoms with E-state index in [2.05, 4.69) is 10.1 Å². The molecule has 0 radical (unpaired) electrons. The van der Waals surface area contributed by atoms with E-state index in [1.807, 2.05) is 25.4 Å². The average Bonchev–Trinajstić information content (AvgIpc) is 2.61. The van der Waals surface area contributed by atoms with Gasteiger partial charge in [-0.05, 0) is 12.1 Å². The van der Waals surface area contributed by atoms with Crippen LogP contribution in [0.4, 0.5) is 0 Å². The van der Waals surface area contributed by atoms with Gasteiger partial charge in [0.2, 0.25) is 0 Å². The number of pyridine rings is 1. The first-order chi connectivity index (χ1) is 6.81. The van der Waals surface area contributed by atoms with Crippen molar-refractivity contribution in [3.63, 3.8) is 0 Å². The number of hydrogen-bond donors (Lipinski definition) is 1. The quantitative estimate of drug-likeness (QED) is 0.766. The van der Waals surface area contributed by atoms with Gasteiger partial charge in [-0.3, -0.25) is 9.67 Å². The third-order valence-corrected chi connectivity index (χ3v) is 2.03. The van der Waals surface area contributed by atoms with Gasteiger partial charge in [0.25, 0.3) is 0 Å². The van der Waals surface area contributed by atoms with Gasteiger partial charge in [-0.15, -0.1) is 0 Å². The Labute approximate surface area is 81.8 Å². The zero-order chi connectivity index (χ0) is 9.97. The molecular weight excluding hydrogens is 178 g/mol. The second-order valence-corrected chi connectivity index (χ2v) is 3.07. The lowest BCUT2D eigenvalue weighted by molar-refractivity contribution is 0.282. The minimum absolute atomic E-state index is 0.00545. The molecule has 14 heavy (non-hydrogen) atoms. The maximum atomic E-state index is 9.12. The first kappa shape index (κ1) is 8.90. The minimum Gasteiger partial charge on any atom is -0.392 e. The van der Waals surface area contributed by atoms with Gasteiger partial charge in [0, 0.05) is 36.8 Å². The smallest absolute Gasteiger partial charge is 0.0979 e. The molecule has 0 aliphatic heterocycles. The molecule has 0 aliphatic rings. The van der Waals surface area contributed by atoms with Crippen LogP contribution in [0.15, 0.2) is 30.7 Å². The molecule has 1 N–H and O–H groups in total. The van der Waals surface area contributed by atoms with Crippen molar-refractivity contribution in [2.45, 2.75) is 6.61 Å². The van der Waals surface area contributed by atoms with Crippen molar-refractivity contribution in [1.82, 2.24) is 14.8 Å². The number of aliphatic hydroxyl groups is 1. The van der Waals surface area contributed by atoms with Gasteiger partial charge in [0.1, 0.15) is 0 Å². The zero-order valence-corrected chi connectivity index (χ0v) is 7.88. The first-order valence-corrected chi connectivity index (χ1v) is 4.35. The maximum Gasteiger partial charge on any atom is 0.0979 e. The Morgan fingerprint density at radius 1 is 1.36 bits per heavy atom. The number of aromatic nitrogens is 3. The van der Waals surface area contributed by atoms with Gasteiger partial charge in [-0.2, -0.15) is 5.10 Å². The molecular formula is C10H11N3O. The molecule has 2 rings (SSSR count). The third-order valence-electron chi connectivity index (χ3n) is 2.03. The normalized spacial score (nSPS) is 10.4. The maximum absolute atomic E-state index is 9.12. The van der Waals surface area contributed by atoms with Gasteiger partial charge in [-0.25, -0.2) is 0 Å². The molecule has 0 saturated carbocycles. The van der Waals surface area contributed by atoms with Crippen molar-refractivity contribution in [2.75, 3.05) is 0 Å². The SMILES string of the molecule is Cn1cc(CO)c(-c2ccncc2)n1. The summed E-state index contributed by atoms with van der Waals surface area (Å²) in [5.41, 5.74) is 2.63. The molecule has 2 aromatic rings. The summed E-state index contributed by atoms with van der Waals surface area (Å²) in [4.78, 5) is 3.94. The zero-order valence-electron chi connectivity index (χ0n) is 7.88. The number of hydrogen-bond acceptors (Lipinski definition) is 3. The lowest BCUT2D eigenvalue weighted by Gasteiger charge is -1.97. The van der Waals surface area contributed by atoms with E-state index in [0.717, 1.165) is 16.8 Å².